The molecule has 4 N–H and O–H groups in total. The highest BCUT2D eigenvalue weighted by Gasteiger charge is 2.58. The van der Waals surface area contributed by atoms with Crippen LogP contribution >= 0.6 is 38.4 Å². The summed E-state index contributed by atoms with van der Waals surface area (Å²) in [4.78, 5) is 33.9. The highest BCUT2D eigenvalue weighted by atomic mass is 35.5. The lowest BCUT2D eigenvalue weighted by molar-refractivity contribution is 0.335. The van der Waals surface area contributed by atoms with Crippen molar-refractivity contribution >= 4 is 38.4 Å². The van der Waals surface area contributed by atoms with E-state index in [9.17, 15) is 9.13 Å². The summed E-state index contributed by atoms with van der Waals surface area (Å²) in [5.74, 6) is -1.04. The second-order valence-electron chi connectivity index (χ2n) is 1.94. The first-order valence-electron chi connectivity index (χ1n) is 2.42. The van der Waals surface area contributed by atoms with E-state index in [4.69, 9.17) is 42.8 Å². The molecule has 0 aliphatic rings. The van der Waals surface area contributed by atoms with Crippen LogP contribution in [-0.2, 0) is 9.13 Å². The first-order valence-corrected chi connectivity index (χ1v) is 6.56. The highest BCUT2D eigenvalue weighted by Crippen LogP contribution is 2.71. The van der Waals surface area contributed by atoms with Crippen molar-refractivity contribution in [2.24, 2.45) is 0 Å². The molecule has 0 atom stereocenters. The maximum absolute atomic E-state index is 10.5. The van der Waals surface area contributed by atoms with Crippen molar-refractivity contribution < 1.29 is 28.7 Å². The molecule has 0 unspecified atom stereocenters. The van der Waals surface area contributed by atoms with Crippen molar-refractivity contribution in [2.45, 2.75) is 4.36 Å². The zero-order chi connectivity index (χ0) is 10.2. The predicted molar refractivity (Wildman–Crippen MR) is 43.4 cm³/mol. The van der Waals surface area contributed by atoms with Crippen LogP contribution in [0, 0.1) is 0 Å². The smallest absolute Gasteiger partial charge is 0.323 e. The minimum atomic E-state index is -5.14. The molecule has 0 aromatic carbocycles. The quantitative estimate of drug-likeness (QED) is 0.432. The Balaban J connectivity index is 5.25. The summed E-state index contributed by atoms with van der Waals surface area (Å²) in [7, 11) is -10.3. The average Bonchev–Trinajstić information content (AvgIpc) is 1.81. The Morgan fingerprint density at radius 1 is 1.08 bits per heavy atom. The van der Waals surface area contributed by atoms with Gasteiger partial charge in [-0.2, -0.15) is 0 Å². The van der Waals surface area contributed by atoms with Crippen LogP contribution in [0.15, 0.2) is 0 Å². The molecule has 0 saturated carbocycles. The summed E-state index contributed by atoms with van der Waals surface area (Å²) < 4.78 is 18.0. The van der Waals surface area contributed by atoms with Gasteiger partial charge in [-0.1, -0.05) is 11.6 Å². The molecule has 0 aromatic heterocycles. The molecule has 12 heavy (non-hydrogen) atoms. The minimum absolute atomic E-state index is 1.04. The Bertz CT molecular complexity index is 230. The van der Waals surface area contributed by atoms with Gasteiger partial charge in [0, 0.05) is 0 Å². The van der Waals surface area contributed by atoms with Gasteiger partial charge in [0.05, 0.1) is 5.88 Å². The van der Waals surface area contributed by atoms with E-state index in [-0.39, 0.29) is 0 Å². The lowest BCUT2D eigenvalue weighted by atomic mass is 10.9. The maximum atomic E-state index is 10.5. The second-order valence-corrected chi connectivity index (χ2v) is 7.44. The van der Waals surface area contributed by atoms with E-state index in [2.05, 4.69) is 0 Å². The van der Waals surface area contributed by atoms with Crippen LogP contribution in [0.2, 0.25) is 0 Å². The fraction of sp³-hybridized carbons (Fsp3) is 1.00. The molecule has 0 fully saturated rings. The number of rotatable bonds is 3. The molecule has 0 aromatic rings. The molecule has 0 rings (SSSR count). The van der Waals surface area contributed by atoms with Crippen molar-refractivity contribution in [2.75, 3.05) is 5.88 Å². The van der Waals surface area contributed by atoms with Gasteiger partial charge in [0.25, 0.3) is 4.36 Å². The molecule has 0 amide bonds. The van der Waals surface area contributed by atoms with Crippen LogP contribution in [0.4, 0.5) is 0 Å². The van der Waals surface area contributed by atoms with Gasteiger partial charge in [0.15, 0.2) is 0 Å². The van der Waals surface area contributed by atoms with Gasteiger partial charge < -0.3 is 19.6 Å². The van der Waals surface area contributed by atoms with Crippen LogP contribution in [0.25, 0.3) is 0 Å². The first-order chi connectivity index (χ1) is 5.06. The lowest BCUT2D eigenvalue weighted by Gasteiger charge is -2.25. The molecule has 74 valence electrons. The van der Waals surface area contributed by atoms with Crippen LogP contribution in [-0.4, -0.2) is 29.8 Å². The number of hydrogen-bond donors (Lipinski definition) is 4. The predicted octanol–water partition coefficient (Wildman–Crippen LogP) is 0.473. The normalized spacial score (nSPS) is 14.8. The molecule has 0 aliphatic carbocycles. The van der Waals surface area contributed by atoms with Crippen molar-refractivity contribution in [3.05, 3.63) is 0 Å². The molecule has 6 nitrogen and oxygen atoms in total. The van der Waals surface area contributed by atoms with E-state index in [1.807, 2.05) is 0 Å². The third-order valence-corrected chi connectivity index (χ3v) is 7.09. The number of halogens is 2. The molecule has 0 saturated heterocycles. The summed E-state index contributed by atoms with van der Waals surface area (Å²) in [6, 6.07) is 0. The molecule has 10 heteroatoms. The fourth-order valence-electron chi connectivity index (χ4n) is 0.325. The van der Waals surface area contributed by atoms with Gasteiger partial charge in [-0.25, -0.2) is 0 Å². The second kappa shape index (κ2) is 3.56. The Morgan fingerprint density at radius 3 is 1.33 bits per heavy atom. The van der Waals surface area contributed by atoms with Gasteiger partial charge in [-0.3, -0.25) is 9.13 Å². The molecular weight excluding hydrogens is 253 g/mol. The van der Waals surface area contributed by atoms with Gasteiger partial charge in [-0.15, -0.1) is 11.6 Å². The third kappa shape index (κ3) is 2.22. The van der Waals surface area contributed by atoms with Crippen LogP contribution in [0.1, 0.15) is 0 Å². The van der Waals surface area contributed by atoms with Crippen molar-refractivity contribution in [1.82, 2.24) is 0 Å². The Hall–Kier alpha value is 0.880. The van der Waals surface area contributed by atoms with Gasteiger partial charge in [0.2, 0.25) is 0 Å². The van der Waals surface area contributed by atoms with Gasteiger partial charge >= 0.3 is 15.2 Å². The Labute approximate surface area is 77.8 Å². The summed E-state index contributed by atoms with van der Waals surface area (Å²) in [5, 5.41) is 0. The Morgan fingerprint density at radius 2 is 1.33 bits per heavy atom. The standard InChI is InChI=1S/C2H6Cl2O6P2/c3-1-2(4,11(5,6)7)12(8,9)10/h1H2,(H2,5,6,7)(H2,8,9,10). The minimum Gasteiger partial charge on any atom is -0.323 e. The lowest BCUT2D eigenvalue weighted by Crippen LogP contribution is -2.23. The van der Waals surface area contributed by atoms with Gasteiger partial charge in [0.1, 0.15) is 0 Å². The molecule has 0 spiro atoms. The SMILES string of the molecule is O=P(O)(O)C(Cl)(CCl)P(=O)(O)O. The van der Waals surface area contributed by atoms with E-state index in [0.29, 0.717) is 0 Å². The fourth-order valence-corrected chi connectivity index (χ4v) is 2.93. The zero-order valence-electron chi connectivity index (χ0n) is 5.46. The molecule has 0 heterocycles. The molecular formula is C2H6Cl2O6P2. The number of hydrogen-bond acceptors (Lipinski definition) is 2. The monoisotopic (exact) mass is 258 g/mol. The van der Waals surface area contributed by atoms with E-state index in [1.165, 1.54) is 0 Å². The van der Waals surface area contributed by atoms with E-state index in [1.54, 1.807) is 0 Å². The van der Waals surface area contributed by atoms with Crippen molar-refractivity contribution in [1.29, 1.82) is 0 Å². The van der Waals surface area contributed by atoms with Crippen LogP contribution in [0.3, 0.4) is 0 Å². The molecule has 0 radical (unpaired) electrons. The zero-order valence-corrected chi connectivity index (χ0v) is 8.76. The number of alkyl halides is 2. The summed E-state index contributed by atoms with van der Waals surface area (Å²) >= 11 is 9.98. The average molecular weight is 259 g/mol. The molecule has 0 bridgehead atoms. The van der Waals surface area contributed by atoms with E-state index >= 15 is 0 Å². The van der Waals surface area contributed by atoms with Gasteiger partial charge in [-0.05, 0) is 0 Å². The topological polar surface area (TPSA) is 115 Å². The first kappa shape index (κ1) is 12.9. The maximum Gasteiger partial charge on any atom is 0.359 e. The van der Waals surface area contributed by atoms with Crippen molar-refractivity contribution in [3.8, 4) is 0 Å². The third-order valence-electron chi connectivity index (χ3n) is 1.06. The van der Waals surface area contributed by atoms with E-state index in [0.717, 1.165) is 0 Å². The van der Waals surface area contributed by atoms with E-state index < -0.39 is 25.4 Å². The Kier molecular flexibility index (Phi) is 3.82. The molecule has 0 aliphatic heterocycles. The summed E-state index contributed by atoms with van der Waals surface area (Å²) in [5.41, 5.74) is 0. The largest absolute Gasteiger partial charge is 0.359 e. The highest BCUT2D eigenvalue weighted by molar-refractivity contribution is 7.75. The summed E-state index contributed by atoms with van der Waals surface area (Å²) in [6.07, 6.45) is 0. The summed E-state index contributed by atoms with van der Waals surface area (Å²) in [6.45, 7) is 0. The van der Waals surface area contributed by atoms with Crippen LogP contribution < -0.4 is 0 Å². The van der Waals surface area contributed by atoms with Crippen LogP contribution in [0.5, 0.6) is 0 Å². The van der Waals surface area contributed by atoms with Crippen molar-refractivity contribution in [3.63, 3.8) is 0 Å².